The lowest BCUT2D eigenvalue weighted by Crippen LogP contribution is -2.54. The Morgan fingerprint density at radius 1 is 1.07 bits per heavy atom. The van der Waals surface area contributed by atoms with Crippen molar-refractivity contribution in [2.24, 2.45) is 0 Å². The van der Waals surface area contributed by atoms with Gasteiger partial charge in [-0.1, -0.05) is 0 Å². The van der Waals surface area contributed by atoms with Crippen LogP contribution in [-0.4, -0.2) is 75.9 Å². The van der Waals surface area contributed by atoms with Crippen molar-refractivity contribution in [2.75, 3.05) is 49.6 Å². The molecule has 2 aliphatic heterocycles. The second kappa shape index (κ2) is 11.4. The van der Waals surface area contributed by atoms with Gasteiger partial charge in [0.2, 0.25) is 5.95 Å². The zero-order chi connectivity index (χ0) is 28.5. The van der Waals surface area contributed by atoms with Gasteiger partial charge in [0, 0.05) is 68.2 Å². The summed E-state index contributed by atoms with van der Waals surface area (Å²) in [5, 5.41) is 17.2. The van der Waals surface area contributed by atoms with Gasteiger partial charge in [-0.25, -0.2) is 18.7 Å². The first-order chi connectivity index (χ1) is 19.9. The molecule has 12 heteroatoms. The Bertz CT molecular complexity index is 1580. The number of anilines is 3. The lowest BCUT2D eigenvalue weighted by Gasteiger charge is -2.37. The van der Waals surface area contributed by atoms with Gasteiger partial charge in [-0.15, -0.1) is 0 Å². The van der Waals surface area contributed by atoms with Crippen LogP contribution in [0.1, 0.15) is 25.0 Å². The van der Waals surface area contributed by atoms with E-state index in [1.807, 2.05) is 4.90 Å². The number of benzene rings is 1. The minimum absolute atomic E-state index is 0.0399. The average Bonchev–Trinajstić information content (AvgIpc) is 3.38. The number of nitrogens with zero attached hydrogens (tertiary/aromatic N) is 7. The molecule has 2 saturated heterocycles. The van der Waals surface area contributed by atoms with Crippen molar-refractivity contribution in [2.45, 2.75) is 32.5 Å². The average molecular weight is 560 g/mol. The molecular formula is C29H31F2N9O. The van der Waals surface area contributed by atoms with Crippen LogP contribution in [0.15, 0.2) is 42.9 Å². The highest BCUT2D eigenvalue weighted by molar-refractivity contribution is 5.79. The highest BCUT2D eigenvalue weighted by Gasteiger charge is 2.24. The third-order valence-corrected chi connectivity index (χ3v) is 7.42. The zero-order valence-corrected chi connectivity index (χ0v) is 22.9. The maximum Gasteiger partial charge on any atom is 0.229 e. The number of halogens is 2. The Balaban J connectivity index is 1.25. The van der Waals surface area contributed by atoms with E-state index < -0.39 is 11.6 Å². The zero-order valence-electron chi connectivity index (χ0n) is 22.9. The molecule has 4 aromatic rings. The van der Waals surface area contributed by atoms with Crippen LogP contribution in [0, 0.1) is 23.0 Å². The summed E-state index contributed by atoms with van der Waals surface area (Å²) in [6.45, 7) is 8.30. The highest BCUT2D eigenvalue weighted by Crippen LogP contribution is 2.27. The topological polar surface area (TPSA) is 107 Å². The van der Waals surface area contributed by atoms with Crippen LogP contribution >= 0.6 is 0 Å². The molecule has 2 N–H and O–H groups in total. The molecule has 0 radical (unpaired) electrons. The molecular weight excluding hydrogens is 528 g/mol. The lowest BCUT2D eigenvalue weighted by molar-refractivity contribution is 0.0332. The van der Waals surface area contributed by atoms with E-state index in [0.29, 0.717) is 60.1 Å². The molecule has 0 amide bonds. The smallest absolute Gasteiger partial charge is 0.229 e. The van der Waals surface area contributed by atoms with Crippen molar-refractivity contribution in [1.82, 2.24) is 29.7 Å². The minimum atomic E-state index is -0.607. The predicted octanol–water partition coefficient (Wildman–Crippen LogP) is 3.73. The summed E-state index contributed by atoms with van der Waals surface area (Å²) in [4.78, 5) is 17.7. The lowest BCUT2D eigenvalue weighted by atomic mass is 10.1. The summed E-state index contributed by atoms with van der Waals surface area (Å²) in [6.07, 6.45) is 4.99. The van der Waals surface area contributed by atoms with Crippen molar-refractivity contribution in [1.29, 1.82) is 5.26 Å². The van der Waals surface area contributed by atoms with Crippen LogP contribution in [0.3, 0.4) is 0 Å². The van der Waals surface area contributed by atoms with E-state index in [1.165, 1.54) is 12.1 Å². The molecule has 2 atom stereocenters. The number of nitriles is 1. The molecule has 10 nitrogen and oxygen atoms in total. The molecule has 0 spiro atoms. The van der Waals surface area contributed by atoms with Gasteiger partial charge >= 0.3 is 0 Å². The van der Waals surface area contributed by atoms with Crippen LogP contribution in [0.4, 0.5) is 26.2 Å². The van der Waals surface area contributed by atoms with Gasteiger partial charge in [-0.3, -0.25) is 4.90 Å². The first-order valence-electron chi connectivity index (χ1n) is 13.7. The fourth-order valence-electron chi connectivity index (χ4n) is 5.54. The molecule has 2 aliphatic rings. The largest absolute Gasteiger partial charge is 0.379 e. The van der Waals surface area contributed by atoms with Crippen molar-refractivity contribution < 1.29 is 13.5 Å². The first kappa shape index (κ1) is 27.0. The van der Waals surface area contributed by atoms with Crippen LogP contribution in [0.5, 0.6) is 0 Å². The van der Waals surface area contributed by atoms with E-state index in [2.05, 4.69) is 50.4 Å². The maximum absolute atomic E-state index is 15.1. The second-order valence-corrected chi connectivity index (χ2v) is 10.6. The third kappa shape index (κ3) is 5.69. The molecule has 5 heterocycles. The molecule has 0 aliphatic carbocycles. The molecule has 0 unspecified atom stereocenters. The van der Waals surface area contributed by atoms with E-state index in [-0.39, 0.29) is 30.1 Å². The van der Waals surface area contributed by atoms with Crippen LogP contribution in [0.25, 0.3) is 16.7 Å². The van der Waals surface area contributed by atoms with Gasteiger partial charge in [0.15, 0.2) is 0 Å². The number of fused-ring (bicyclic) bond motifs is 1. The summed E-state index contributed by atoms with van der Waals surface area (Å²) in [6, 6.07) is 8.99. The monoisotopic (exact) mass is 559 g/mol. The second-order valence-electron chi connectivity index (χ2n) is 10.6. The standard InChI is InChI=1S/C29H31F2N9O/c1-18-15-39(16-19(2)35-18)27-21(12-32)9-22(14-33-27)36-29-34-13-20-3-4-40(28(20)37-29)23-10-25(30)24(26(31)11-23)17-38-5-7-41-8-6-38/h3-4,9-11,13-14,18-19,35H,5-8,15-17H2,1-2H3,(H,34,36,37)/t18-,19+. The van der Waals surface area contributed by atoms with Gasteiger partial charge in [0.05, 0.1) is 36.3 Å². The number of hydrogen-bond acceptors (Lipinski definition) is 9. The van der Waals surface area contributed by atoms with E-state index >= 15 is 8.78 Å². The summed E-state index contributed by atoms with van der Waals surface area (Å²) >= 11 is 0. The number of ether oxygens (including phenoxy) is 1. The van der Waals surface area contributed by atoms with Gasteiger partial charge in [0.1, 0.15) is 29.2 Å². The SMILES string of the molecule is C[C@@H]1CN(c2ncc(Nc3ncc4ccn(-c5cc(F)c(CN6CCOCC6)c(F)c5)c4n3)cc2C#N)C[C@H](C)N1. The fourth-order valence-corrected chi connectivity index (χ4v) is 5.54. The van der Waals surface area contributed by atoms with E-state index in [1.54, 1.807) is 35.3 Å². The summed E-state index contributed by atoms with van der Waals surface area (Å²) < 4.78 is 37.2. The first-order valence-corrected chi connectivity index (χ1v) is 13.7. The number of rotatable bonds is 6. The van der Waals surface area contributed by atoms with Gasteiger partial charge < -0.3 is 24.8 Å². The van der Waals surface area contributed by atoms with E-state index in [4.69, 9.17) is 4.74 Å². The highest BCUT2D eigenvalue weighted by atomic mass is 19.1. The number of aromatic nitrogens is 4. The van der Waals surface area contributed by atoms with Crippen LogP contribution < -0.4 is 15.5 Å². The number of piperazine rings is 1. The number of morpholine rings is 1. The molecule has 6 rings (SSSR count). The number of nitrogens with one attached hydrogen (secondary N) is 2. The van der Waals surface area contributed by atoms with Gasteiger partial charge in [0.25, 0.3) is 0 Å². The third-order valence-electron chi connectivity index (χ3n) is 7.42. The Labute approximate surface area is 236 Å². The fraction of sp³-hybridized carbons (Fsp3) is 0.379. The van der Waals surface area contributed by atoms with Gasteiger partial charge in [-0.2, -0.15) is 10.2 Å². The van der Waals surface area contributed by atoms with Crippen molar-refractivity contribution in [3.05, 3.63) is 65.6 Å². The summed E-state index contributed by atoms with van der Waals surface area (Å²) in [7, 11) is 0. The van der Waals surface area contributed by atoms with Crippen LogP contribution in [0.2, 0.25) is 0 Å². The summed E-state index contributed by atoms with van der Waals surface area (Å²) in [5.41, 5.74) is 1.85. The molecule has 1 aromatic carbocycles. The molecule has 0 saturated carbocycles. The summed E-state index contributed by atoms with van der Waals surface area (Å²) in [5.74, 6) is -0.303. The van der Waals surface area contributed by atoms with Crippen molar-refractivity contribution >= 4 is 28.5 Å². The Kier molecular flexibility index (Phi) is 7.49. The van der Waals surface area contributed by atoms with E-state index in [9.17, 15) is 5.26 Å². The molecule has 41 heavy (non-hydrogen) atoms. The molecule has 212 valence electrons. The Hall–Kier alpha value is -4.18. The van der Waals surface area contributed by atoms with Gasteiger partial charge in [-0.05, 0) is 38.1 Å². The predicted molar refractivity (Wildman–Crippen MR) is 151 cm³/mol. The number of pyridine rings is 1. The Morgan fingerprint density at radius 2 is 1.80 bits per heavy atom. The van der Waals surface area contributed by atoms with E-state index in [0.717, 1.165) is 13.1 Å². The molecule has 2 fully saturated rings. The molecule has 3 aromatic heterocycles. The Morgan fingerprint density at radius 3 is 2.51 bits per heavy atom. The van der Waals surface area contributed by atoms with Crippen molar-refractivity contribution in [3.8, 4) is 11.8 Å². The molecule has 0 bridgehead atoms. The van der Waals surface area contributed by atoms with Crippen molar-refractivity contribution in [3.63, 3.8) is 0 Å². The number of hydrogen-bond donors (Lipinski definition) is 2. The maximum atomic E-state index is 15.1. The quantitative estimate of drug-likeness (QED) is 0.366. The normalized spacial score (nSPS) is 19.8. The minimum Gasteiger partial charge on any atom is -0.379 e. The van der Waals surface area contributed by atoms with Crippen LogP contribution in [-0.2, 0) is 11.3 Å².